The molecule has 0 saturated carbocycles. The number of nitro benzene ring substituents is 1. The quantitative estimate of drug-likeness (QED) is 0.327. The van der Waals surface area contributed by atoms with E-state index in [9.17, 15) is 41.3 Å². The van der Waals surface area contributed by atoms with E-state index in [1.807, 2.05) is 0 Å². The van der Waals surface area contributed by atoms with Gasteiger partial charge in [-0.25, -0.2) is 0 Å². The number of nitro groups is 1. The van der Waals surface area contributed by atoms with Crippen molar-refractivity contribution in [2.75, 3.05) is 6.61 Å². The van der Waals surface area contributed by atoms with Crippen LogP contribution in [-0.2, 0) is 16.0 Å². The summed E-state index contributed by atoms with van der Waals surface area (Å²) in [5.41, 5.74) is -1.35. The molecule has 0 fully saturated rings. The van der Waals surface area contributed by atoms with Gasteiger partial charge in [-0.3, -0.25) is 14.9 Å². The van der Waals surface area contributed by atoms with E-state index in [-0.39, 0.29) is 5.56 Å². The van der Waals surface area contributed by atoms with Gasteiger partial charge in [0.15, 0.2) is 6.61 Å². The van der Waals surface area contributed by atoms with Crippen LogP contribution in [0.15, 0.2) is 18.2 Å². The maximum absolute atomic E-state index is 12.3. The molecule has 0 N–H and O–H groups in total. The summed E-state index contributed by atoms with van der Waals surface area (Å²) in [4.78, 5) is 21.4. The minimum atomic E-state index is -5.18. The van der Waals surface area contributed by atoms with Crippen molar-refractivity contribution >= 4 is 11.7 Å². The number of hydrogen-bond donors (Lipinski definition) is 0. The Morgan fingerprint density at radius 2 is 1.84 bits per heavy atom. The van der Waals surface area contributed by atoms with Crippen molar-refractivity contribution in [2.45, 2.75) is 25.9 Å². The highest BCUT2D eigenvalue weighted by Crippen LogP contribution is 2.35. The maximum Gasteiger partial charge on any atom is 0.573 e. The molecule has 1 aromatic rings. The molecule has 140 valence electrons. The minimum Gasteiger partial charge on any atom is -0.456 e. The second-order valence-electron chi connectivity index (χ2n) is 4.90. The summed E-state index contributed by atoms with van der Waals surface area (Å²) in [7, 11) is 0. The van der Waals surface area contributed by atoms with E-state index in [1.165, 1.54) is 0 Å². The third-order valence-corrected chi connectivity index (χ3v) is 2.80. The molecule has 0 aliphatic heterocycles. The van der Waals surface area contributed by atoms with Gasteiger partial charge in [-0.2, -0.15) is 13.2 Å². The summed E-state index contributed by atoms with van der Waals surface area (Å²) in [5, 5.41) is 11.0. The van der Waals surface area contributed by atoms with Gasteiger partial charge in [0.25, 0.3) is 0 Å². The first-order valence-electron chi connectivity index (χ1n) is 6.55. The highest BCUT2D eigenvalue weighted by Gasteiger charge is 2.36. The Morgan fingerprint density at radius 1 is 1.24 bits per heavy atom. The standard InChI is InChI=1S/C13H11F6NO5/c1-7(11(21)24-6-12(14,15)16)5-8-3-2-4-9(10(8)20(22)23)25-13(17,18)19/h2-4,7H,5-6H2,1H3/t7-/m0/s1. The molecule has 12 heteroatoms. The number of para-hydroxylation sites is 1. The Kier molecular flexibility index (Phi) is 6.21. The van der Waals surface area contributed by atoms with Crippen molar-refractivity contribution in [2.24, 2.45) is 5.92 Å². The van der Waals surface area contributed by atoms with Crippen LogP contribution in [0, 0.1) is 16.0 Å². The lowest BCUT2D eigenvalue weighted by Gasteiger charge is -2.14. The Bertz CT molecular complexity index is 643. The molecule has 0 unspecified atom stereocenters. The average molecular weight is 375 g/mol. The highest BCUT2D eigenvalue weighted by molar-refractivity contribution is 5.73. The van der Waals surface area contributed by atoms with Crippen LogP contribution in [0.2, 0.25) is 0 Å². The lowest BCUT2D eigenvalue weighted by Crippen LogP contribution is -2.25. The van der Waals surface area contributed by atoms with Gasteiger partial charge in [0.2, 0.25) is 5.75 Å². The summed E-state index contributed by atoms with van der Waals surface area (Å²) >= 11 is 0. The number of ether oxygens (including phenoxy) is 2. The summed E-state index contributed by atoms with van der Waals surface area (Å²) in [6, 6.07) is 2.80. The number of esters is 1. The predicted octanol–water partition coefficient (Wildman–Crippen LogP) is 3.78. The first-order chi connectivity index (χ1) is 11.3. The number of alkyl halides is 6. The third-order valence-electron chi connectivity index (χ3n) is 2.80. The van der Waals surface area contributed by atoms with Crippen LogP contribution in [0.25, 0.3) is 0 Å². The van der Waals surface area contributed by atoms with E-state index < -0.39 is 53.8 Å². The topological polar surface area (TPSA) is 78.7 Å². The Labute approximate surface area is 136 Å². The molecule has 0 saturated heterocycles. The molecule has 25 heavy (non-hydrogen) atoms. The minimum absolute atomic E-state index is 0.316. The zero-order chi connectivity index (χ0) is 19.4. The summed E-state index contributed by atoms with van der Waals surface area (Å²) < 4.78 is 80.4. The molecule has 0 spiro atoms. The predicted molar refractivity (Wildman–Crippen MR) is 69.7 cm³/mol. The second-order valence-corrected chi connectivity index (χ2v) is 4.90. The Morgan fingerprint density at radius 3 is 2.32 bits per heavy atom. The van der Waals surface area contributed by atoms with Crippen molar-refractivity contribution in [1.82, 2.24) is 0 Å². The van der Waals surface area contributed by atoms with Crippen LogP contribution in [0.3, 0.4) is 0 Å². The lowest BCUT2D eigenvalue weighted by atomic mass is 9.99. The van der Waals surface area contributed by atoms with Gasteiger partial charge >= 0.3 is 24.2 Å². The van der Waals surface area contributed by atoms with Crippen molar-refractivity contribution in [1.29, 1.82) is 0 Å². The van der Waals surface area contributed by atoms with Crippen molar-refractivity contribution in [3.63, 3.8) is 0 Å². The number of benzene rings is 1. The van der Waals surface area contributed by atoms with E-state index in [1.54, 1.807) is 0 Å². The average Bonchev–Trinajstić information content (AvgIpc) is 2.41. The van der Waals surface area contributed by atoms with Gasteiger partial charge in [0.1, 0.15) is 0 Å². The molecule has 1 rings (SSSR count). The zero-order valence-corrected chi connectivity index (χ0v) is 12.5. The lowest BCUT2D eigenvalue weighted by molar-refractivity contribution is -0.389. The van der Waals surface area contributed by atoms with Crippen LogP contribution in [0.1, 0.15) is 12.5 Å². The number of nitrogens with zero attached hydrogens (tertiary/aromatic N) is 1. The molecule has 0 radical (unpaired) electrons. The SMILES string of the molecule is C[C@@H](Cc1cccc(OC(F)(F)F)c1[N+](=O)[O-])C(=O)OCC(F)(F)F. The van der Waals surface area contributed by atoms with Crippen molar-refractivity contribution in [3.05, 3.63) is 33.9 Å². The molecule has 6 nitrogen and oxygen atoms in total. The van der Waals surface area contributed by atoms with E-state index in [0.29, 0.717) is 6.07 Å². The molecule has 0 heterocycles. The van der Waals surface area contributed by atoms with Gasteiger partial charge in [-0.05, 0) is 12.5 Å². The fraction of sp³-hybridized carbons (Fsp3) is 0.462. The molecule has 0 amide bonds. The monoisotopic (exact) mass is 375 g/mol. The molecule has 1 atom stereocenters. The zero-order valence-electron chi connectivity index (χ0n) is 12.5. The Balaban J connectivity index is 2.99. The summed E-state index contributed by atoms with van der Waals surface area (Å²) in [6.45, 7) is -0.713. The van der Waals surface area contributed by atoms with Crippen LogP contribution >= 0.6 is 0 Å². The van der Waals surface area contributed by atoms with E-state index in [4.69, 9.17) is 0 Å². The fourth-order valence-corrected chi connectivity index (χ4v) is 1.86. The molecule has 0 aliphatic carbocycles. The summed E-state index contributed by atoms with van der Waals surface area (Å²) in [5.74, 6) is -3.65. The highest BCUT2D eigenvalue weighted by atomic mass is 19.4. The van der Waals surface area contributed by atoms with E-state index in [2.05, 4.69) is 9.47 Å². The normalized spacial score (nSPS) is 13.2. The molecular weight excluding hydrogens is 364 g/mol. The fourth-order valence-electron chi connectivity index (χ4n) is 1.86. The molecule has 0 bridgehead atoms. The second kappa shape index (κ2) is 7.57. The van der Waals surface area contributed by atoms with Gasteiger partial charge in [0.05, 0.1) is 10.8 Å². The first-order valence-corrected chi connectivity index (χ1v) is 6.55. The number of hydrogen-bond acceptors (Lipinski definition) is 5. The number of carbonyl (C=O) groups excluding carboxylic acids is 1. The number of rotatable bonds is 6. The van der Waals surface area contributed by atoms with Crippen LogP contribution in [0.5, 0.6) is 5.75 Å². The molecule has 0 aliphatic rings. The van der Waals surface area contributed by atoms with Crippen LogP contribution in [-0.4, -0.2) is 30.0 Å². The largest absolute Gasteiger partial charge is 0.573 e. The van der Waals surface area contributed by atoms with Crippen molar-refractivity contribution < 1.29 is 45.5 Å². The van der Waals surface area contributed by atoms with Crippen LogP contribution < -0.4 is 4.74 Å². The van der Waals surface area contributed by atoms with Gasteiger partial charge in [0, 0.05) is 5.56 Å². The first kappa shape index (κ1) is 20.5. The van der Waals surface area contributed by atoms with Gasteiger partial charge in [-0.15, -0.1) is 13.2 Å². The summed E-state index contributed by atoms with van der Waals surface area (Å²) in [6.07, 6.45) is -10.4. The molecular formula is C13H11F6NO5. The number of carbonyl (C=O) groups is 1. The van der Waals surface area contributed by atoms with E-state index >= 15 is 0 Å². The molecule has 0 aromatic heterocycles. The molecule has 1 aromatic carbocycles. The van der Waals surface area contributed by atoms with Gasteiger partial charge in [-0.1, -0.05) is 19.1 Å². The Hall–Kier alpha value is -2.53. The third kappa shape index (κ3) is 6.85. The van der Waals surface area contributed by atoms with Gasteiger partial charge < -0.3 is 9.47 Å². The number of halogens is 6. The van der Waals surface area contributed by atoms with E-state index in [0.717, 1.165) is 19.1 Å². The smallest absolute Gasteiger partial charge is 0.456 e. The van der Waals surface area contributed by atoms with Crippen LogP contribution in [0.4, 0.5) is 32.0 Å². The van der Waals surface area contributed by atoms with Crippen molar-refractivity contribution in [3.8, 4) is 5.75 Å². The maximum atomic E-state index is 12.3.